The minimum absolute atomic E-state index is 1.00. The molecule has 1 aromatic carbocycles. The van der Waals surface area contributed by atoms with Gasteiger partial charge in [-0.2, -0.15) is 0 Å². The molecule has 0 aliphatic rings. The maximum absolute atomic E-state index is 4.50. The molecule has 3 rings (SSSR count). The fourth-order valence-corrected chi connectivity index (χ4v) is 2.00. The predicted molar refractivity (Wildman–Crippen MR) is 72.9 cm³/mol. The van der Waals surface area contributed by atoms with Gasteiger partial charge in [0.25, 0.3) is 0 Å². The SMILES string of the molecule is c1ccc(-c2ncccc2-c2ccncc2)cc1. The van der Waals surface area contributed by atoms with Crippen LogP contribution < -0.4 is 0 Å². The molecule has 2 nitrogen and oxygen atoms in total. The summed E-state index contributed by atoms with van der Waals surface area (Å²) in [5.41, 5.74) is 4.40. The average molecular weight is 232 g/mol. The van der Waals surface area contributed by atoms with Crippen LogP contribution in [0.5, 0.6) is 0 Å². The van der Waals surface area contributed by atoms with Gasteiger partial charge in [0.2, 0.25) is 0 Å². The van der Waals surface area contributed by atoms with Gasteiger partial charge in [-0.15, -0.1) is 0 Å². The topological polar surface area (TPSA) is 25.8 Å². The zero-order valence-corrected chi connectivity index (χ0v) is 9.82. The van der Waals surface area contributed by atoms with E-state index in [1.807, 2.05) is 42.6 Å². The Bertz CT molecular complexity index is 575. The van der Waals surface area contributed by atoms with Gasteiger partial charge < -0.3 is 0 Å². The van der Waals surface area contributed by atoms with Crippen molar-refractivity contribution in [3.05, 3.63) is 73.2 Å². The van der Waals surface area contributed by atoms with Crippen molar-refractivity contribution in [2.45, 2.75) is 0 Å². The molecule has 0 atom stereocenters. The van der Waals surface area contributed by atoms with E-state index < -0.39 is 0 Å². The van der Waals surface area contributed by atoms with E-state index in [-0.39, 0.29) is 0 Å². The van der Waals surface area contributed by atoms with E-state index in [4.69, 9.17) is 0 Å². The molecular formula is C16H12N2. The minimum Gasteiger partial charge on any atom is -0.265 e. The lowest BCUT2D eigenvalue weighted by atomic mass is 10.0. The van der Waals surface area contributed by atoms with Crippen LogP contribution in [-0.4, -0.2) is 9.97 Å². The van der Waals surface area contributed by atoms with E-state index >= 15 is 0 Å². The second-order valence-corrected chi connectivity index (χ2v) is 4.00. The maximum Gasteiger partial charge on any atom is 0.0780 e. The molecular weight excluding hydrogens is 220 g/mol. The zero-order chi connectivity index (χ0) is 12.2. The Morgan fingerprint density at radius 2 is 1.39 bits per heavy atom. The van der Waals surface area contributed by atoms with Gasteiger partial charge in [0.05, 0.1) is 5.69 Å². The van der Waals surface area contributed by atoms with Gasteiger partial charge in [0, 0.05) is 29.7 Å². The number of nitrogens with zero attached hydrogens (tertiary/aromatic N) is 2. The Balaban J connectivity index is 2.18. The summed E-state index contributed by atoms with van der Waals surface area (Å²) < 4.78 is 0. The van der Waals surface area contributed by atoms with Crippen molar-refractivity contribution in [1.29, 1.82) is 0 Å². The highest BCUT2D eigenvalue weighted by atomic mass is 14.7. The molecule has 0 fully saturated rings. The number of hydrogen-bond acceptors (Lipinski definition) is 2. The van der Waals surface area contributed by atoms with Crippen LogP contribution in [-0.2, 0) is 0 Å². The molecule has 0 saturated carbocycles. The molecule has 0 bridgehead atoms. The summed E-state index contributed by atoms with van der Waals surface area (Å²) >= 11 is 0. The molecule has 86 valence electrons. The molecule has 0 spiro atoms. The monoisotopic (exact) mass is 232 g/mol. The number of rotatable bonds is 2. The maximum atomic E-state index is 4.50. The molecule has 0 aliphatic heterocycles. The predicted octanol–water partition coefficient (Wildman–Crippen LogP) is 3.81. The van der Waals surface area contributed by atoms with Crippen LogP contribution in [0.2, 0.25) is 0 Å². The van der Waals surface area contributed by atoms with E-state index in [1.54, 1.807) is 12.4 Å². The molecule has 2 heteroatoms. The summed E-state index contributed by atoms with van der Waals surface area (Å²) in [6.07, 6.45) is 5.43. The number of pyridine rings is 2. The standard InChI is InChI=1S/C16H12N2/c1-2-5-14(6-3-1)16-15(7-4-10-18-16)13-8-11-17-12-9-13/h1-12H. The molecule has 0 aliphatic carbocycles. The van der Waals surface area contributed by atoms with E-state index in [2.05, 4.69) is 28.2 Å². The molecule has 2 aromatic heterocycles. The lowest BCUT2D eigenvalue weighted by molar-refractivity contribution is 1.30. The molecule has 0 N–H and O–H groups in total. The van der Waals surface area contributed by atoms with Crippen LogP contribution in [0.4, 0.5) is 0 Å². The van der Waals surface area contributed by atoms with Crippen molar-refractivity contribution in [3.63, 3.8) is 0 Å². The number of hydrogen-bond donors (Lipinski definition) is 0. The van der Waals surface area contributed by atoms with Gasteiger partial charge in [0.15, 0.2) is 0 Å². The molecule has 0 radical (unpaired) electrons. The van der Waals surface area contributed by atoms with Crippen molar-refractivity contribution >= 4 is 0 Å². The first-order valence-electron chi connectivity index (χ1n) is 5.86. The van der Waals surface area contributed by atoms with Crippen LogP contribution in [0.1, 0.15) is 0 Å². The fourth-order valence-electron chi connectivity index (χ4n) is 2.00. The summed E-state index contributed by atoms with van der Waals surface area (Å²) in [7, 11) is 0. The fraction of sp³-hybridized carbons (Fsp3) is 0. The average Bonchev–Trinajstić information content (AvgIpc) is 2.49. The minimum atomic E-state index is 1.00. The Labute approximate surface area is 106 Å². The van der Waals surface area contributed by atoms with Crippen LogP contribution >= 0.6 is 0 Å². The van der Waals surface area contributed by atoms with Gasteiger partial charge in [-0.05, 0) is 23.8 Å². The lowest BCUT2D eigenvalue weighted by Crippen LogP contribution is -1.88. The second kappa shape index (κ2) is 4.80. The zero-order valence-electron chi connectivity index (χ0n) is 9.82. The molecule has 0 amide bonds. The summed E-state index contributed by atoms with van der Waals surface area (Å²) in [5.74, 6) is 0. The third-order valence-electron chi connectivity index (χ3n) is 2.85. The Kier molecular flexibility index (Phi) is 2.84. The smallest absolute Gasteiger partial charge is 0.0780 e. The highest BCUT2D eigenvalue weighted by Gasteiger charge is 2.07. The quantitative estimate of drug-likeness (QED) is 0.671. The van der Waals surface area contributed by atoms with Gasteiger partial charge in [-0.3, -0.25) is 9.97 Å². The molecule has 2 heterocycles. The summed E-state index contributed by atoms with van der Waals surface area (Å²) in [6, 6.07) is 18.3. The largest absolute Gasteiger partial charge is 0.265 e. The molecule has 3 aromatic rings. The number of aromatic nitrogens is 2. The lowest BCUT2D eigenvalue weighted by Gasteiger charge is -2.08. The van der Waals surface area contributed by atoms with E-state index in [0.29, 0.717) is 0 Å². The van der Waals surface area contributed by atoms with E-state index in [0.717, 1.165) is 22.4 Å². The van der Waals surface area contributed by atoms with Gasteiger partial charge in [-0.25, -0.2) is 0 Å². The highest BCUT2D eigenvalue weighted by molar-refractivity contribution is 5.80. The van der Waals surface area contributed by atoms with Crippen LogP contribution in [0.25, 0.3) is 22.4 Å². The third-order valence-corrected chi connectivity index (χ3v) is 2.85. The first-order chi connectivity index (χ1) is 8.95. The Morgan fingerprint density at radius 3 is 2.17 bits per heavy atom. The molecule has 0 unspecified atom stereocenters. The first kappa shape index (κ1) is 10.7. The molecule has 18 heavy (non-hydrogen) atoms. The van der Waals surface area contributed by atoms with Crippen molar-refractivity contribution in [2.24, 2.45) is 0 Å². The third kappa shape index (κ3) is 2.00. The van der Waals surface area contributed by atoms with Gasteiger partial charge in [0.1, 0.15) is 0 Å². The first-order valence-corrected chi connectivity index (χ1v) is 5.86. The number of benzene rings is 1. The van der Waals surface area contributed by atoms with Crippen LogP contribution in [0.15, 0.2) is 73.2 Å². The van der Waals surface area contributed by atoms with Crippen molar-refractivity contribution in [1.82, 2.24) is 9.97 Å². The Morgan fingerprint density at radius 1 is 0.611 bits per heavy atom. The Hall–Kier alpha value is -2.48. The molecule has 0 saturated heterocycles. The summed E-state index contributed by atoms with van der Waals surface area (Å²) in [4.78, 5) is 8.56. The van der Waals surface area contributed by atoms with Crippen molar-refractivity contribution in [2.75, 3.05) is 0 Å². The van der Waals surface area contributed by atoms with Crippen LogP contribution in [0.3, 0.4) is 0 Å². The highest BCUT2D eigenvalue weighted by Crippen LogP contribution is 2.29. The van der Waals surface area contributed by atoms with Crippen molar-refractivity contribution in [3.8, 4) is 22.4 Å². The summed E-state index contributed by atoms with van der Waals surface area (Å²) in [6.45, 7) is 0. The van der Waals surface area contributed by atoms with Crippen molar-refractivity contribution < 1.29 is 0 Å². The van der Waals surface area contributed by atoms with E-state index in [1.165, 1.54) is 0 Å². The van der Waals surface area contributed by atoms with Crippen LogP contribution in [0, 0.1) is 0 Å². The van der Waals surface area contributed by atoms with Gasteiger partial charge >= 0.3 is 0 Å². The van der Waals surface area contributed by atoms with E-state index in [9.17, 15) is 0 Å². The second-order valence-electron chi connectivity index (χ2n) is 4.00. The van der Waals surface area contributed by atoms with Gasteiger partial charge in [-0.1, -0.05) is 36.4 Å². The summed E-state index contributed by atoms with van der Waals surface area (Å²) in [5, 5.41) is 0. The normalized spacial score (nSPS) is 10.2.